The van der Waals surface area contributed by atoms with Crippen molar-refractivity contribution < 1.29 is 44.0 Å². The molecular weight excluding hydrogens is 578 g/mol. The number of alkyl halides is 6. The van der Waals surface area contributed by atoms with Gasteiger partial charge in [-0.05, 0) is 44.2 Å². The van der Waals surface area contributed by atoms with Crippen LogP contribution < -0.4 is 10.2 Å². The van der Waals surface area contributed by atoms with Gasteiger partial charge in [0.15, 0.2) is 9.84 Å². The smallest absolute Gasteiger partial charge is 0.439 e. The number of rotatable bonds is 6. The van der Waals surface area contributed by atoms with Gasteiger partial charge in [-0.15, -0.1) is 0 Å². The SMILES string of the molecule is N#CC1(NC(=O)[C@@H]2C[C@@H](F)CC[C@H]2c2oc(C(F)(F)C(F)(F)F)nc2-c2ccc(N3CCS(=O)(=O)CC3)cc2)CC1. The van der Waals surface area contributed by atoms with E-state index in [4.69, 9.17) is 4.42 Å². The van der Waals surface area contributed by atoms with Crippen molar-refractivity contribution in [2.45, 2.75) is 61.8 Å². The number of benzene rings is 1. The summed E-state index contributed by atoms with van der Waals surface area (Å²) in [4.78, 5) is 18.5. The highest BCUT2D eigenvalue weighted by Crippen LogP contribution is 2.49. The first-order valence-electron chi connectivity index (χ1n) is 13.0. The molecule has 1 aliphatic heterocycles. The first-order valence-corrected chi connectivity index (χ1v) is 14.9. The Balaban J connectivity index is 1.52. The molecule has 0 bridgehead atoms. The highest BCUT2D eigenvalue weighted by molar-refractivity contribution is 7.91. The van der Waals surface area contributed by atoms with Crippen LogP contribution in [-0.2, 0) is 20.6 Å². The highest BCUT2D eigenvalue weighted by Gasteiger charge is 2.63. The Bertz CT molecular complexity index is 1450. The molecule has 3 aliphatic rings. The third-order valence-corrected chi connectivity index (χ3v) is 9.52. The van der Waals surface area contributed by atoms with Crippen LogP contribution in [0.25, 0.3) is 11.3 Å². The molecule has 0 unspecified atom stereocenters. The lowest BCUT2D eigenvalue weighted by atomic mass is 9.75. The number of carbonyl (C=O) groups is 1. The van der Waals surface area contributed by atoms with Gasteiger partial charge in [-0.3, -0.25) is 4.79 Å². The largest absolute Gasteiger partial charge is 0.463 e. The van der Waals surface area contributed by atoms with E-state index < -0.39 is 63.0 Å². The van der Waals surface area contributed by atoms with Crippen LogP contribution in [0, 0.1) is 17.2 Å². The van der Waals surface area contributed by atoms with E-state index in [1.165, 1.54) is 12.1 Å². The number of sulfone groups is 1. The maximum Gasteiger partial charge on any atom is 0.463 e. The Morgan fingerprint density at radius 3 is 2.29 bits per heavy atom. The van der Waals surface area contributed by atoms with E-state index in [-0.39, 0.29) is 55.1 Å². The van der Waals surface area contributed by atoms with E-state index in [1.807, 2.05) is 6.07 Å². The summed E-state index contributed by atoms with van der Waals surface area (Å²) in [6.45, 7) is 0.457. The second-order valence-corrected chi connectivity index (χ2v) is 13.1. The van der Waals surface area contributed by atoms with E-state index in [0.717, 1.165) is 0 Å². The van der Waals surface area contributed by atoms with E-state index >= 15 is 0 Å². The predicted octanol–water partition coefficient (Wildman–Crippen LogP) is 4.62. The summed E-state index contributed by atoms with van der Waals surface area (Å²) in [6.07, 6.45) is -7.16. The van der Waals surface area contributed by atoms with Crippen molar-refractivity contribution in [1.29, 1.82) is 5.26 Å². The molecule has 0 radical (unpaired) electrons. The summed E-state index contributed by atoms with van der Waals surface area (Å²) in [5.41, 5.74) is -0.708. The Morgan fingerprint density at radius 1 is 1.10 bits per heavy atom. The zero-order valence-electron chi connectivity index (χ0n) is 21.6. The number of nitriles is 1. The lowest BCUT2D eigenvalue weighted by Crippen LogP contribution is -2.44. The number of nitrogens with zero attached hydrogens (tertiary/aromatic N) is 3. The number of aromatic nitrogens is 1. The van der Waals surface area contributed by atoms with Crippen molar-refractivity contribution in [2.24, 2.45) is 5.92 Å². The molecule has 222 valence electrons. The molecule has 1 N–H and O–H groups in total. The normalized spacial score (nSPS) is 25.8. The number of amides is 1. The molecule has 1 aromatic carbocycles. The van der Waals surface area contributed by atoms with Gasteiger partial charge < -0.3 is 14.6 Å². The maximum absolute atomic E-state index is 14.5. The predicted molar refractivity (Wildman–Crippen MR) is 133 cm³/mol. The van der Waals surface area contributed by atoms with Gasteiger partial charge in [0, 0.05) is 30.3 Å². The number of hydrogen-bond acceptors (Lipinski definition) is 7. The van der Waals surface area contributed by atoms with Crippen molar-refractivity contribution in [3.63, 3.8) is 0 Å². The standard InChI is InChI=1S/C26H26F6N4O4S/c27-16-3-6-18(19(13-16)22(37)35-24(14-33)7-8-24)21-20(34-23(40-21)25(28,29)26(30,31)32)15-1-4-17(5-2-15)36-9-11-41(38,39)12-10-36/h1-2,4-5,16,18-19H,3,6-13H2,(H,35,37)/t16-,18+,19+/m0/s1. The zero-order valence-corrected chi connectivity index (χ0v) is 22.4. The van der Waals surface area contributed by atoms with Crippen molar-refractivity contribution in [2.75, 3.05) is 29.5 Å². The molecule has 1 aromatic heterocycles. The van der Waals surface area contributed by atoms with Crippen LogP contribution in [0.5, 0.6) is 0 Å². The molecule has 1 saturated heterocycles. The molecule has 5 rings (SSSR count). The van der Waals surface area contributed by atoms with Crippen LogP contribution in [0.1, 0.15) is 49.7 Å². The number of oxazole rings is 1. The summed E-state index contributed by atoms with van der Waals surface area (Å²) in [5.74, 6) is -10.8. The van der Waals surface area contributed by atoms with Gasteiger partial charge in [0.25, 0.3) is 5.89 Å². The van der Waals surface area contributed by atoms with E-state index in [0.29, 0.717) is 18.5 Å². The minimum absolute atomic E-state index is 0.0497. The topological polar surface area (TPSA) is 116 Å². The van der Waals surface area contributed by atoms with Crippen LogP contribution in [0.3, 0.4) is 0 Å². The first kappa shape index (κ1) is 29.2. The monoisotopic (exact) mass is 604 g/mol. The van der Waals surface area contributed by atoms with Crippen LogP contribution in [0.2, 0.25) is 0 Å². The Kier molecular flexibility index (Phi) is 7.28. The minimum Gasteiger partial charge on any atom is -0.439 e. The summed E-state index contributed by atoms with van der Waals surface area (Å²) >= 11 is 0. The summed E-state index contributed by atoms with van der Waals surface area (Å²) in [6, 6.07) is 7.95. The molecule has 2 aromatic rings. The molecule has 1 amide bonds. The van der Waals surface area contributed by atoms with Gasteiger partial charge in [-0.1, -0.05) is 12.1 Å². The zero-order chi connectivity index (χ0) is 29.8. The summed E-state index contributed by atoms with van der Waals surface area (Å²) < 4.78 is 112. The average Bonchev–Trinajstić information content (AvgIpc) is 3.54. The Morgan fingerprint density at radius 2 is 1.73 bits per heavy atom. The fraction of sp³-hybridized carbons (Fsp3) is 0.577. The van der Waals surface area contributed by atoms with Crippen molar-refractivity contribution in [3.05, 3.63) is 35.9 Å². The number of anilines is 1. The number of carbonyl (C=O) groups excluding carboxylic acids is 1. The van der Waals surface area contributed by atoms with Gasteiger partial charge in [0.2, 0.25) is 5.91 Å². The number of hydrogen-bond donors (Lipinski definition) is 1. The van der Waals surface area contributed by atoms with E-state index in [1.54, 1.807) is 17.0 Å². The molecule has 2 saturated carbocycles. The van der Waals surface area contributed by atoms with Crippen molar-refractivity contribution in [3.8, 4) is 17.3 Å². The van der Waals surface area contributed by atoms with Gasteiger partial charge >= 0.3 is 12.1 Å². The quantitative estimate of drug-likeness (QED) is 0.479. The fourth-order valence-corrected chi connectivity index (χ4v) is 6.49. The van der Waals surface area contributed by atoms with Gasteiger partial charge in [-0.2, -0.15) is 27.2 Å². The third kappa shape index (κ3) is 5.75. The maximum atomic E-state index is 14.5. The van der Waals surface area contributed by atoms with Crippen LogP contribution >= 0.6 is 0 Å². The molecular formula is C26H26F6N4O4S. The molecule has 2 heterocycles. The fourth-order valence-electron chi connectivity index (χ4n) is 5.29. The van der Waals surface area contributed by atoms with Gasteiger partial charge in [0.1, 0.15) is 23.2 Å². The second kappa shape index (κ2) is 10.2. The Labute approximate surface area is 231 Å². The lowest BCUT2D eigenvalue weighted by molar-refractivity contribution is -0.297. The second-order valence-electron chi connectivity index (χ2n) is 10.8. The molecule has 8 nitrogen and oxygen atoms in total. The highest BCUT2D eigenvalue weighted by atomic mass is 32.2. The lowest BCUT2D eigenvalue weighted by Gasteiger charge is -2.32. The number of nitrogens with one attached hydrogen (secondary N) is 1. The third-order valence-electron chi connectivity index (χ3n) is 7.91. The van der Waals surface area contributed by atoms with Crippen molar-refractivity contribution >= 4 is 21.4 Å². The molecule has 0 spiro atoms. The van der Waals surface area contributed by atoms with Crippen LogP contribution in [0.4, 0.5) is 32.0 Å². The average molecular weight is 605 g/mol. The number of halogens is 6. The summed E-state index contributed by atoms with van der Waals surface area (Å²) in [7, 11) is -3.15. The molecule has 3 atom stereocenters. The summed E-state index contributed by atoms with van der Waals surface area (Å²) in [5, 5.41) is 11.9. The Hall–Kier alpha value is -3.28. The minimum atomic E-state index is -6.01. The molecule has 15 heteroatoms. The van der Waals surface area contributed by atoms with Crippen molar-refractivity contribution in [1.82, 2.24) is 10.3 Å². The van der Waals surface area contributed by atoms with Crippen LogP contribution in [-0.4, -0.2) is 61.8 Å². The molecule has 41 heavy (non-hydrogen) atoms. The molecule has 2 aliphatic carbocycles. The van der Waals surface area contributed by atoms with Crippen LogP contribution in [0.15, 0.2) is 28.7 Å². The molecule has 3 fully saturated rings. The van der Waals surface area contributed by atoms with E-state index in [2.05, 4.69) is 10.3 Å². The van der Waals surface area contributed by atoms with Gasteiger partial charge in [-0.25, -0.2) is 17.8 Å². The van der Waals surface area contributed by atoms with Gasteiger partial charge in [0.05, 0.1) is 23.5 Å². The van der Waals surface area contributed by atoms with E-state index in [9.17, 15) is 44.8 Å². The first-order chi connectivity index (χ1) is 19.1.